The lowest BCUT2D eigenvalue weighted by molar-refractivity contribution is 0.0381. The number of benzene rings is 1. The maximum absolute atomic E-state index is 12.2. The monoisotopic (exact) mass is 299 g/mol. The molecule has 0 amide bonds. The predicted octanol–water partition coefficient (Wildman–Crippen LogP) is 2.60. The van der Waals surface area contributed by atoms with Crippen LogP contribution in [0, 0.1) is 0 Å². The average molecular weight is 299 g/mol. The van der Waals surface area contributed by atoms with Gasteiger partial charge in [-0.1, -0.05) is 18.2 Å². The van der Waals surface area contributed by atoms with Gasteiger partial charge < -0.3 is 15.1 Å². The van der Waals surface area contributed by atoms with Gasteiger partial charge in [-0.15, -0.1) is 4.73 Å². The van der Waals surface area contributed by atoms with Crippen molar-refractivity contribution < 1.29 is 19.8 Å². The first kappa shape index (κ1) is 14.3. The summed E-state index contributed by atoms with van der Waals surface area (Å²) in [5.41, 5.74) is 2.78. The predicted molar refractivity (Wildman–Crippen MR) is 80.9 cm³/mol. The van der Waals surface area contributed by atoms with Crippen molar-refractivity contribution in [2.24, 2.45) is 0 Å². The van der Waals surface area contributed by atoms with Crippen LogP contribution in [-0.4, -0.2) is 20.9 Å². The molecule has 22 heavy (non-hydrogen) atoms. The van der Waals surface area contributed by atoms with E-state index in [0.29, 0.717) is 10.3 Å². The summed E-state index contributed by atoms with van der Waals surface area (Å²) in [6.45, 7) is 0. The molecule has 5 heteroatoms. The van der Waals surface area contributed by atoms with Crippen molar-refractivity contribution in [1.82, 2.24) is 4.73 Å². The van der Waals surface area contributed by atoms with Crippen LogP contribution in [-0.2, 0) is 12.8 Å². The van der Waals surface area contributed by atoms with Crippen molar-refractivity contribution in [2.75, 3.05) is 0 Å². The van der Waals surface area contributed by atoms with Crippen LogP contribution in [0.2, 0.25) is 0 Å². The zero-order chi connectivity index (χ0) is 15.5. The molecule has 0 atom stereocenters. The number of carbonyl (C=O) groups is 1. The molecule has 5 nitrogen and oxygen atoms in total. The Morgan fingerprint density at radius 3 is 2.27 bits per heavy atom. The largest absolute Gasteiger partial charge is 0.492 e. The Morgan fingerprint density at radius 2 is 1.59 bits per heavy atom. The van der Waals surface area contributed by atoms with Crippen LogP contribution >= 0.6 is 0 Å². The number of carbonyl (C=O) groups excluding carboxylic acids is 1. The Kier molecular flexibility index (Phi) is 3.87. The van der Waals surface area contributed by atoms with Gasteiger partial charge in [-0.05, 0) is 48.9 Å². The van der Waals surface area contributed by atoms with E-state index in [-0.39, 0.29) is 11.8 Å². The summed E-state index contributed by atoms with van der Waals surface area (Å²) in [5, 5.41) is 19.0. The molecule has 0 spiro atoms. The molecule has 0 saturated carbocycles. The average Bonchev–Trinajstić information content (AvgIpc) is 2.79. The molecule has 0 fully saturated rings. The van der Waals surface area contributed by atoms with Gasteiger partial charge in [-0.3, -0.25) is 0 Å². The van der Waals surface area contributed by atoms with E-state index < -0.39 is 5.97 Å². The van der Waals surface area contributed by atoms with E-state index >= 15 is 0 Å². The quantitative estimate of drug-likeness (QED) is 0.836. The highest BCUT2D eigenvalue weighted by Crippen LogP contribution is 2.21. The van der Waals surface area contributed by atoms with E-state index in [1.807, 2.05) is 12.1 Å². The van der Waals surface area contributed by atoms with Crippen LogP contribution in [0.4, 0.5) is 0 Å². The summed E-state index contributed by atoms with van der Waals surface area (Å²) in [6, 6.07) is 7.98. The summed E-state index contributed by atoms with van der Waals surface area (Å²) < 4.78 is 0.696. The van der Waals surface area contributed by atoms with Crippen LogP contribution < -0.4 is 4.84 Å². The van der Waals surface area contributed by atoms with E-state index in [4.69, 9.17) is 4.84 Å². The van der Waals surface area contributed by atoms with E-state index in [1.165, 1.54) is 17.7 Å². The second kappa shape index (κ2) is 5.97. The van der Waals surface area contributed by atoms with Crippen molar-refractivity contribution in [3.63, 3.8) is 0 Å². The third kappa shape index (κ3) is 2.83. The third-order valence-electron chi connectivity index (χ3n) is 3.74. The third-order valence-corrected chi connectivity index (χ3v) is 3.74. The van der Waals surface area contributed by atoms with E-state index in [2.05, 4.69) is 12.2 Å². The van der Waals surface area contributed by atoms with Crippen LogP contribution in [0.5, 0.6) is 11.8 Å². The summed E-state index contributed by atoms with van der Waals surface area (Å²) >= 11 is 0. The lowest BCUT2D eigenvalue weighted by atomic mass is 9.95. The molecule has 1 aromatic heterocycles. The maximum atomic E-state index is 12.2. The second-order valence-electron chi connectivity index (χ2n) is 5.26. The molecule has 1 aliphatic rings. The number of nitrogens with zero attached hydrogens (tertiary/aromatic N) is 1. The van der Waals surface area contributed by atoms with Gasteiger partial charge in [0.1, 0.15) is 0 Å². The molecule has 1 heterocycles. The fraction of sp³-hybridized carbons (Fsp3) is 0.235. The van der Waals surface area contributed by atoms with E-state index in [1.54, 1.807) is 6.07 Å². The number of hydrogen-bond donors (Lipinski definition) is 2. The van der Waals surface area contributed by atoms with Gasteiger partial charge in [-0.2, -0.15) is 0 Å². The van der Waals surface area contributed by atoms with Gasteiger partial charge in [-0.25, -0.2) is 4.79 Å². The van der Waals surface area contributed by atoms with Gasteiger partial charge in [0.15, 0.2) is 0 Å². The molecule has 0 radical (unpaired) electrons. The summed E-state index contributed by atoms with van der Waals surface area (Å²) in [4.78, 5) is 17.2. The molecule has 2 aromatic rings. The lowest BCUT2D eigenvalue weighted by Crippen LogP contribution is -2.19. The molecular weight excluding hydrogens is 282 g/mol. The minimum absolute atomic E-state index is 0.331. The van der Waals surface area contributed by atoms with Crippen molar-refractivity contribution >= 4 is 5.97 Å². The smallest absolute Gasteiger partial charge is 0.363 e. The molecular formula is C17H17NO4. The van der Waals surface area contributed by atoms with Gasteiger partial charge in [0.05, 0.1) is 5.56 Å². The van der Waals surface area contributed by atoms with Crippen molar-refractivity contribution in [3.8, 4) is 11.8 Å². The SMILES string of the molecule is O=C(On1c(O)ccc1O)c1ccc2c(c1)CCC=CCC2. The Bertz CT molecular complexity index is 711. The van der Waals surface area contributed by atoms with Crippen molar-refractivity contribution in [2.45, 2.75) is 25.7 Å². The fourth-order valence-corrected chi connectivity index (χ4v) is 2.57. The molecule has 1 aliphatic carbocycles. The molecule has 1 aromatic carbocycles. The lowest BCUT2D eigenvalue weighted by Gasteiger charge is -2.13. The fourth-order valence-electron chi connectivity index (χ4n) is 2.57. The Balaban J connectivity index is 1.83. The standard InChI is InChI=1S/C17H17NO4/c19-15-9-10-16(20)18(15)22-17(21)14-8-7-12-5-3-1-2-4-6-13(12)11-14/h1-2,7-11,19-20H,3-6H2. The zero-order valence-corrected chi connectivity index (χ0v) is 12.0. The molecule has 0 saturated heterocycles. The summed E-state index contributed by atoms with van der Waals surface area (Å²) in [7, 11) is 0. The molecule has 3 rings (SSSR count). The van der Waals surface area contributed by atoms with Gasteiger partial charge in [0, 0.05) is 12.1 Å². The topological polar surface area (TPSA) is 71.7 Å². The number of hydrogen-bond acceptors (Lipinski definition) is 4. The molecule has 0 bridgehead atoms. The maximum Gasteiger partial charge on any atom is 0.363 e. The van der Waals surface area contributed by atoms with Crippen LogP contribution in [0.15, 0.2) is 42.5 Å². The first-order valence-corrected chi connectivity index (χ1v) is 7.24. The number of fused-ring (bicyclic) bond motifs is 1. The number of aromatic hydroxyl groups is 2. The van der Waals surface area contributed by atoms with E-state index in [0.717, 1.165) is 31.2 Å². The second-order valence-corrected chi connectivity index (χ2v) is 5.26. The number of aromatic nitrogens is 1. The summed E-state index contributed by atoms with van der Waals surface area (Å²) in [6.07, 6.45) is 8.13. The number of allylic oxidation sites excluding steroid dienone is 2. The van der Waals surface area contributed by atoms with Crippen LogP contribution in [0.3, 0.4) is 0 Å². The van der Waals surface area contributed by atoms with Crippen LogP contribution in [0.25, 0.3) is 0 Å². The first-order valence-electron chi connectivity index (χ1n) is 7.24. The van der Waals surface area contributed by atoms with E-state index in [9.17, 15) is 15.0 Å². The normalized spacial score (nSPS) is 14.0. The Labute approximate surface area is 128 Å². The zero-order valence-electron chi connectivity index (χ0n) is 12.0. The summed E-state index contributed by atoms with van der Waals surface area (Å²) in [5.74, 6) is -1.29. The minimum atomic E-state index is -0.623. The van der Waals surface area contributed by atoms with Crippen molar-refractivity contribution in [1.29, 1.82) is 0 Å². The highest BCUT2D eigenvalue weighted by molar-refractivity contribution is 5.90. The van der Waals surface area contributed by atoms with Gasteiger partial charge in [0.2, 0.25) is 11.8 Å². The highest BCUT2D eigenvalue weighted by Gasteiger charge is 2.16. The molecule has 114 valence electrons. The molecule has 0 unspecified atom stereocenters. The van der Waals surface area contributed by atoms with Gasteiger partial charge >= 0.3 is 5.97 Å². The molecule has 0 aliphatic heterocycles. The Morgan fingerprint density at radius 1 is 0.955 bits per heavy atom. The number of rotatable bonds is 2. The Hall–Kier alpha value is -2.69. The first-order chi connectivity index (χ1) is 10.6. The highest BCUT2D eigenvalue weighted by atomic mass is 16.7. The van der Waals surface area contributed by atoms with Gasteiger partial charge in [0.25, 0.3) is 0 Å². The molecule has 2 N–H and O–H groups in total. The minimum Gasteiger partial charge on any atom is -0.492 e. The van der Waals surface area contributed by atoms with Crippen molar-refractivity contribution in [3.05, 3.63) is 59.2 Å². The number of aryl methyl sites for hydroxylation is 2. The van der Waals surface area contributed by atoms with Crippen LogP contribution in [0.1, 0.15) is 34.3 Å².